The highest BCUT2D eigenvalue weighted by Crippen LogP contribution is 2.31. The third kappa shape index (κ3) is 8.32. The Morgan fingerprint density at radius 2 is 1.77 bits per heavy atom. The van der Waals surface area contributed by atoms with E-state index < -0.39 is 0 Å². The van der Waals surface area contributed by atoms with Gasteiger partial charge in [-0.3, -0.25) is 9.59 Å². The predicted octanol–water partition coefficient (Wildman–Crippen LogP) is 5.50. The number of piperidine rings is 1. The van der Waals surface area contributed by atoms with Crippen molar-refractivity contribution < 1.29 is 9.47 Å². The second-order valence-corrected chi connectivity index (χ2v) is 12.5. The summed E-state index contributed by atoms with van der Waals surface area (Å²) < 4.78 is 11.3. The van der Waals surface area contributed by atoms with Gasteiger partial charge in [-0.25, -0.2) is 0 Å². The SMILES string of the molecule is CCC(OC)Oc1cccc(CC2CCCN(c3c(NC(CNCC(C)C)CC4CCCCC4)c(=O)c3=O)C2)c1. The molecule has 0 aromatic heterocycles. The van der Waals surface area contributed by atoms with Crippen LogP contribution in [0.25, 0.3) is 0 Å². The van der Waals surface area contributed by atoms with E-state index >= 15 is 0 Å². The molecule has 2 aromatic carbocycles. The monoisotopic (exact) mass is 553 g/mol. The van der Waals surface area contributed by atoms with Crippen LogP contribution in [0.3, 0.4) is 0 Å². The minimum absolute atomic E-state index is 0.159. The number of hydrogen-bond acceptors (Lipinski definition) is 7. The van der Waals surface area contributed by atoms with Crippen LogP contribution in [-0.4, -0.2) is 45.6 Å². The van der Waals surface area contributed by atoms with E-state index in [0.29, 0.717) is 29.1 Å². The molecule has 2 N–H and O–H groups in total. The molecule has 2 aliphatic rings. The van der Waals surface area contributed by atoms with Gasteiger partial charge in [-0.05, 0) is 67.7 Å². The molecule has 1 aliphatic carbocycles. The Bertz CT molecular complexity index is 1120. The van der Waals surface area contributed by atoms with Gasteiger partial charge in [0.1, 0.15) is 17.1 Å². The zero-order valence-corrected chi connectivity index (χ0v) is 25.2. The molecule has 1 saturated carbocycles. The zero-order chi connectivity index (χ0) is 28.5. The molecule has 3 atom stereocenters. The van der Waals surface area contributed by atoms with Crippen LogP contribution >= 0.6 is 0 Å². The molecular formula is C33H51N3O4. The standard InChI is InChI=1S/C33H51N3O4/c1-5-29(39-4)40-28-15-9-13-25(19-28)17-26-14-10-16-36(22-26)31-30(32(37)33(31)38)35-27(21-34-20-23(2)3)18-24-11-7-6-8-12-24/h9,13,15,19,23-24,26-27,29,34-35H,5-8,10-12,14,16-18,20-22H2,1-4H3. The fourth-order valence-corrected chi connectivity index (χ4v) is 6.55. The first-order valence-electron chi connectivity index (χ1n) is 15.7. The topological polar surface area (TPSA) is 79.9 Å². The van der Waals surface area contributed by atoms with E-state index in [0.717, 1.165) is 64.0 Å². The van der Waals surface area contributed by atoms with Gasteiger partial charge in [0.25, 0.3) is 10.9 Å². The molecule has 40 heavy (non-hydrogen) atoms. The van der Waals surface area contributed by atoms with Crippen molar-refractivity contribution in [3.8, 4) is 5.75 Å². The molecule has 1 saturated heterocycles. The van der Waals surface area contributed by atoms with E-state index in [1.807, 2.05) is 19.1 Å². The van der Waals surface area contributed by atoms with E-state index in [2.05, 4.69) is 41.5 Å². The molecule has 0 amide bonds. The van der Waals surface area contributed by atoms with Crippen LogP contribution < -0.4 is 31.1 Å². The molecule has 7 heteroatoms. The van der Waals surface area contributed by atoms with Crippen molar-refractivity contribution in [1.29, 1.82) is 0 Å². The summed E-state index contributed by atoms with van der Waals surface area (Å²) >= 11 is 0. The number of anilines is 2. The van der Waals surface area contributed by atoms with Crippen LogP contribution in [0.15, 0.2) is 33.9 Å². The van der Waals surface area contributed by atoms with Crippen LogP contribution in [-0.2, 0) is 11.2 Å². The number of benzene rings is 1. The average molecular weight is 554 g/mol. The highest BCUT2D eigenvalue weighted by atomic mass is 16.7. The molecule has 3 unspecified atom stereocenters. The molecule has 0 radical (unpaired) electrons. The van der Waals surface area contributed by atoms with Crippen LogP contribution in [0.2, 0.25) is 0 Å². The summed E-state index contributed by atoms with van der Waals surface area (Å²) in [7, 11) is 1.67. The van der Waals surface area contributed by atoms with Crippen molar-refractivity contribution in [2.24, 2.45) is 17.8 Å². The Balaban J connectivity index is 1.42. The van der Waals surface area contributed by atoms with E-state index in [1.165, 1.54) is 37.7 Å². The first-order chi connectivity index (χ1) is 19.4. The Kier molecular flexibility index (Phi) is 11.5. The number of rotatable bonds is 15. The third-order valence-electron chi connectivity index (χ3n) is 8.64. The summed E-state index contributed by atoms with van der Waals surface area (Å²) in [6.45, 7) is 9.84. The summed E-state index contributed by atoms with van der Waals surface area (Å²) in [6.07, 6.45) is 11.1. The lowest BCUT2D eigenvalue weighted by Crippen LogP contribution is -2.48. The smallest absolute Gasteiger partial charge is 0.253 e. The van der Waals surface area contributed by atoms with Crippen molar-refractivity contribution in [3.63, 3.8) is 0 Å². The zero-order valence-electron chi connectivity index (χ0n) is 25.2. The number of hydrogen-bond donors (Lipinski definition) is 2. The molecule has 0 spiro atoms. The van der Waals surface area contributed by atoms with E-state index in [1.54, 1.807) is 7.11 Å². The fraction of sp³-hybridized carbons (Fsp3) is 0.697. The summed E-state index contributed by atoms with van der Waals surface area (Å²) in [6, 6.07) is 8.41. The second-order valence-electron chi connectivity index (χ2n) is 12.5. The molecule has 4 rings (SSSR count). The van der Waals surface area contributed by atoms with Crippen molar-refractivity contribution in [2.75, 3.05) is 43.5 Å². The Hall–Kier alpha value is -2.38. The van der Waals surface area contributed by atoms with Gasteiger partial charge >= 0.3 is 0 Å². The Morgan fingerprint density at radius 3 is 2.50 bits per heavy atom. The van der Waals surface area contributed by atoms with E-state index in [-0.39, 0.29) is 23.2 Å². The van der Waals surface area contributed by atoms with E-state index in [9.17, 15) is 9.59 Å². The normalized spacial score (nSPS) is 20.1. The summed E-state index contributed by atoms with van der Waals surface area (Å²) in [4.78, 5) is 27.9. The van der Waals surface area contributed by atoms with Crippen LogP contribution in [0.1, 0.15) is 84.1 Å². The molecule has 0 bridgehead atoms. The molecule has 1 aliphatic heterocycles. The highest BCUT2D eigenvalue weighted by Gasteiger charge is 2.31. The van der Waals surface area contributed by atoms with Crippen molar-refractivity contribution in [3.05, 3.63) is 50.3 Å². The quantitative estimate of drug-likeness (QED) is 0.223. The molecule has 2 aromatic rings. The lowest BCUT2D eigenvalue weighted by atomic mass is 9.84. The fourth-order valence-electron chi connectivity index (χ4n) is 6.55. The maximum absolute atomic E-state index is 12.9. The van der Waals surface area contributed by atoms with Crippen molar-refractivity contribution in [1.82, 2.24) is 5.32 Å². The van der Waals surface area contributed by atoms with Crippen LogP contribution in [0, 0.1) is 17.8 Å². The minimum atomic E-state index is -0.344. The van der Waals surface area contributed by atoms with E-state index in [4.69, 9.17) is 9.47 Å². The predicted molar refractivity (Wildman–Crippen MR) is 164 cm³/mol. The minimum Gasteiger partial charge on any atom is -0.465 e. The van der Waals surface area contributed by atoms with Crippen LogP contribution in [0.5, 0.6) is 5.75 Å². The van der Waals surface area contributed by atoms with Crippen molar-refractivity contribution >= 4 is 11.4 Å². The first kappa shape index (κ1) is 30.6. The highest BCUT2D eigenvalue weighted by molar-refractivity contribution is 5.75. The van der Waals surface area contributed by atoms with Gasteiger partial charge in [-0.15, -0.1) is 0 Å². The maximum atomic E-state index is 12.9. The summed E-state index contributed by atoms with van der Waals surface area (Å²) in [5, 5.41) is 7.17. The lowest BCUT2D eigenvalue weighted by Gasteiger charge is -2.37. The molecule has 1 heterocycles. The number of nitrogens with zero attached hydrogens (tertiary/aromatic N) is 1. The largest absolute Gasteiger partial charge is 0.465 e. The summed E-state index contributed by atoms with van der Waals surface area (Å²) in [5.41, 5.74) is 1.73. The molecule has 7 nitrogen and oxygen atoms in total. The van der Waals surface area contributed by atoms with Gasteiger partial charge in [0.15, 0.2) is 6.29 Å². The average Bonchev–Trinajstić information content (AvgIpc) is 2.96. The lowest BCUT2D eigenvalue weighted by molar-refractivity contribution is -0.0548. The van der Waals surface area contributed by atoms with Gasteiger partial charge < -0.3 is 25.0 Å². The van der Waals surface area contributed by atoms with Crippen molar-refractivity contribution in [2.45, 2.75) is 97.3 Å². The Morgan fingerprint density at radius 1 is 1.00 bits per heavy atom. The summed E-state index contributed by atoms with van der Waals surface area (Å²) in [5.74, 6) is 2.50. The van der Waals surface area contributed by atoms with Gasteiger partial charge in [-0.1, -0.05) is 65.0 Å². The number of nitrogens with one attached hydrogen (secondary N) is 2. The third-order valence-corrected chi connectivity index (χ3v) is 8.64. The van der Waals surface area contributed by atoms with Gasteiger partial charge in [0.05, 0.1) is 0 Å². The number of ether oxygens (including phenoxy) is 2. The molecule has 2 fully saturated rings. The number of methoxy groups -OCH3 is 1. The van der Waals surface area contributed by atoms with Gasteiger partial charge in [0.2, 0.25) is 0 Å². The first-order valence-corrected chi connectivity index (χ1v) is 15.7. The van der Waals surface area contributed by atoms with Gasteiger partial charge in [0, 0.05) is 39.2 Å². The van der Waals surface area contributed by atoms with Crippen LogP contribution in [0.4, 0.5) is 11.4 Å². The molecular weight excluding hydrogens is 502 g/mol. The van der Waals surface area contributed by atoms with Gasteiger partial charge in [-0.2, -0.15) is 0 Å². The maximum Gasteiger partial charge on any atom is 0.253 e. The second kappa shape index (κ2) is 15.0. The Labute approximate surface area is 240 Å². The molecule has 222 valence electrons.